The van der Waals surface area contributed by atoms with E-state index in [0.29, 0.717) is 24.5 Å². The number of hydrogen-bond acceptors (Lipinski definition) is 4. The van der Waals surface area contributed by atoms with Gasteiger partial charge in [-0.25, -0.2) is 8.42 Å². The smallest absolute Gasteiger partial charge is 0.264 e. The van der Waals surface area contributed by atoms with Gasteiger partial charge in [0.2, 0.25) is 5.91 Å². The van der Waals surface area contributed by atoms with Gasteiger partial charge in [-0.1, -0.05) is 78.9 Å². The van der Waals surface area contributed by atoms with Crippen LogP contribution in [0.4, 0.5) is 5.69 Å². The molecule has 4 aromatic rings. The summed E-state index contributed by atoms with van der Waals surface area (Å²) in [7, 11) is -2.46. The third-order valence-corrected chi connectivity index (χ3v) is 7.54. The maximum absolute atomic E-state index is 13.7. The van der Waals surface area contributed by atoms with E-state index in [-0.39, 0.29) is 17.3 Å². The fraction of sp³-hybridized carbons (Fsp3) is 0.138. The molecule has 36 heavy (non-hydrogen) atoms. The lowest BCUT2D eigenvalue weighted by molar-refractivity contribution is -0.130. The number of sulfonamides is 1. The topological polar surface area (TPSA) is 66.9 Å². The van der Waals surface area contributed by atoms with E-state index < -0.39 is 10.0 Å². The average molecular weight is 501 g/mol. The van der Waals surface area contributed by atoms with Crippen molar-refractivity contribution in [3.63, 3.8) is 0 Å². The lowest BCUT2D eigenvalue weighted by Gasteiger charge is -2.29. The highest BCUT2D eigenvalue weighted by Gasteiger charge is 2.29. The Morgan fingerprint density at radius 1 is 0.694 bits per heavy atom. The Morgan fingerprint density at radius 3 is 1.64 bits per heavy atom. The Labute approximate surface area is 212 Å². The van der Waals surface area contributed by atoms with Gasteiger partial charge in [-0.3, -0.25) is 9.10 Å². The summed E-state index contributed by atoms with van der Waals surface area (Å²) in [6.45, 7) is 0.371. The van der Waals surface area contributed by atoms with Gasteiger partial charge in [0.1, 0.15) is 12.3 Å². The van der Waals surface area contributed by atoms with Crippen LogP contribution in [0.1, 0.15) is 11.1 Å². The Balaban J connectivity index is 1.68. The van der Waals surface area contributed by atoms with Crippen LogP contribution in [-0.2, 0) is 27.9 Å². The number of amides is 1. The molecule has 0 saturated carbocycles. The predicted molar refractivity (Wildman–Crippen MR) is 141 cm³/mol. The van der Waals surface area contributed by atoms with E-state index in [1.54, 1.807) is 54.5 Å². The quantitative estimate of drug-likeness (QED) is 0.303. The first kappa shape index (κ1) is 25.0. The molecule has 0 aromatic heterocycles. The highest BCUT2D eigenvalue weighted by Crippen LogP contribution is 2.26. The monoisotopic (exact) mass is 500 g/mol. The number of benzene rings is 4. The van der Waals surface area contributed by atoms with Crippen LogP contribution >= 0.6 is 0 Å². The van der Waals surface area contributed by atoms with Gasteiger partial charge in [0, 0.05) is 13.1 Å². The van der Waals surface area contributed by atoms with E-state index >= 15 is 0 Å². The van der Waals surface area contributed by atoms with Crippen molar-refractivity contribution in [1.82, 2.24) is 4.90 Å². The fourth-order valence-corrected chi connectivity index (χ4v) is 5.28. The lowest BCUT2D eigenvalue weighted by atomic mass is 10.1. The van der Waals surface area contributed by atoms with Gasteiger partial charge in [0.25, 0.3) is 10.0 Å². The molecule has 0 N–H and O–H groups in total. The van der Waals surface area contributed by atoms with Crippen molar-refractivity contribution in [1.29, 1.82) is 0 Å². The molecule has 0 atom stereocenters. The van der Waals surface area contributed by atoms with Gasteiger partial charge >= 0.3 is 0 Å². The Bertz CT molecular complexity index is 1320. The Kier molecular flexibility index (Phi) is 8.02. The molecule has 0 bridgehead atoms. The Hall–Kier alpha value is -4.10. The minimum Gasteiger partial charge on any atom is -0.497 e. The van der Waals surface area contributed by atoms with Crippen LogP contribution in [0.3, 0.4) is 0 Å². The second kappa shape index (κ2) is 11.6. The molecular weight excluding hydrogens is 472 g/mol. The van der Waals surface area contributed by atoms with Gasteiger partial charge in [0.15, 0.2) is 0 Å². The third-order valence-electron chi connectivity index (χ3n) is 5.76. The first-order valence-corrected chi connectivity index (χ1v) is 13.0. The minimum atomic E-state index is -4.00. The van der Waals surface area contributed by atoms with Crippen LogP contribution < -0.4 is 9.04 Å². The van der Waals surface area contributed by atoms with Crippen LogP contribution in [0.25, 0.3) is 0 Å². The lowest BCUT2D eigenvalue weighted by Crippen LogP contribution is -2.42. The summed E-state index contributed by atoms with van der Waals surface area (Å²) >= 11 is 0. The van der Waals surface area contributed by atoms with Crippen molar-refractivity contribution in [3.05, 3.63) is 126 Å². The zero-order valence-electron chi connectivity index (χ0n) is 20.0. The molecule has 0 saturated heterocycles. The van der Waals surface area contributed by atoms with Gasteiger partial charge in [0.05, 0.1) is 17.7 Å². The number of rotatable bonds is 10. The average Bonchev–Trinajstić information content (AvgIpc) is 2.93. The molecule has 0 radical (unpaired) electrons. The van der Waals surface area contributed by atoms with Crippen molar-refractivity contribution in [2.45, 2.75) is 18.0 Å². The molecule has 0 unspecified atom stereocenters. The summed E-state index contributed by atoms with van der Waals surface area (Å²) < 4.78 is 33.8. The summed E-state index contributed by atoms with van der Waals surface area (Å²) in [4.78, 5) is 15.5. The van der Waals surface area contributed by atoms with Crippen molar-refractivity contribution in [2.24, 2.45) is 0 Å². The fourth-order valence-electron chi connectivity index (χ4n) is 3.85. The molecular formula is C29H28N2O4S. The van der Waals surface area contributed by atoms with Gasteiger partial charge < -0.3 is 9.64 Å². The molecule has 0 aliphatic heterocycles. The van der Waals surface area contributed by atoms with Crippen LogP contribution in [-0.4, -0.2) is 32.9 Å². The number of nitrogens with zero attached hydrogens (tertiary/aromatic N) is 2. The molecule has 0 heterocycles. The van der Waals surface area contributed by atoms with E-state index in [1.165, 1.54) is 12.1 Å². The normalized spacial score (nSPS) is 11.0. The number of carbonyl (C=O) groups is 1. The SMILES string of the molecule is COc1ccc(N(CC(=O)N(Cc2ccccc2)Cc2ccccc2)S(=O)(=O)c2ccccc2)cc1. The minimum absolute atomic E-state index is 0.117. The number of anilines is 1. The summed E-state index contributed by atoms with van der Waals surface area (Å²) in [5.41, 5.74) is 2.31. The second-order valence-electron chi connectivity index (χ2n) is 8.24. The third kappa shape index (κ3) is 6.12. The van der Waals surface area contributed by atoms with E-state index in [9.17, 15) is 13.2 Å². The van der Waals surface area contributed by atoms with Gasteiger partial charge in [-0.05, 0) is 47.5 Å². The van der Waals surface area contributed by atoms with Crippen LogP contribution in [0.15, 0.2) is 120 Å². The first-order chi connectivity index (χ1) is 17.5. The number of hydrogen-bond donors (Lipinski definition) is 0. The van der Waals surface area contributed by atoms with Crippen molar-refractivity contribution in [2.75, 3.05) is 18.0 Å². The van der Waals surface area contributed by atoms with E-state index in [1.807, 2.05) is 60.7 Å². The summed E-state index contributed by atoms with van der Waals surface area (Å²) in [5, 5.41) is 0. The molecule has 7 heteroatoms. The van der Waals surface area contributed by atoms with Crippen LogP contribution in [0, 0.1) is 0 Å². The molecule has 0 aliphatic carbocycles. The van der Waals surface area contributed by atoms with E-state index in [2.05, 4.69) is 0 Å². The highest BCUT2D eigenvalue weighted by molar-refractivity contribution is 7.92. The van der Waals surface area contributed by atoms with E-state index in [0.717, 1.165) is 15.4 Å². The van der Waals surface area contributed by atoms with Crippen molar-refractivity contribution >= 4 is 21.6 Å². The number of methoxy groups -OCH3 is 1. The van der Waals surface area contributed by atoms with Crippen molar-refractivity contribution in [3.8, 4) is 5.75 Å². The zero-order chi connectivity index (χ0) is 25.4. The molecule has 6 nitrogen and oxygen atoms in total. The molecule has 0 fully saturated rings. The Morgan fingerprint density at radius 2 is 1.17 bits per heavy atom. The van der Waals surface area contributed by atoms with Crippen molar-refractivity contribution < 1.29 is 17.9 Å². The molecule has 0 aliphatic rings. The summed E-state index contributed by atoms with van der Waals surface area (Å²) in [5.74, 6) is 0.287. The summed E-state index contributed by atoms with van der Waals surface area (Å²) in [6.07, 6.45) is 0. The number of ether oxygens (including phenoxy) is 1. The predicted octanol–water partition coefficient (Wildman–Crippen LogP) is 5.12. The molecule has 4 rings (SSSR count). The number of carbonyl (C=O) groups excluding carboxylic acids is 1. The highest BCUT2D eigenvalue weighted by atomic mass is 32.2. The van der Waals surface area contributed by atoms with Gasteiger partial charge in [-0.15, -0.1) is 0 Å². The van der Waals surface area contributed by atoms with Gasteiger partial charge in [-0.2, -0.15) is 0 Å². The molecule has 1 amide bonds. The zero-order valence-corrected chi connectivity index (χ0v) is 20.8. The standard InChI is InChI=1S/C29H28N2O4S/c1-35-27-19-17-26(18-20-27)31(36(33,34)28-15-9-4-10-16-28)23-29(32)30(21-24-11-5-2-6-12-24)22-25-13-7-3-8-14-25/h2-20H,21-23H2,1H3. The largest absolute Gasteiger partial charge is 0.497 e. The van der Waals surface area contributed by atoms with E-state index in [4.69, 9.17) is 4.74 Å². The molecule has 184 valence electrons. The summed E-state index contributed by atoms with van der Waals surface area (Å²) in [6, 6.07) is 34.1. The molecule has 0 spiro atoms. The maximum Gasteiger partial charge on any atom is 0.264 e. The second-order valence-corrected chi connectivity index (χ2v) is 10.1. The maximum atomic E-state index is 13.7. The molecule has 4 aromatic carbocycles. The van der Waals surface area contributed by atoms with Crippen LogP contribution in [0.5, 0.6) is 5.75 Å². The first-order valence-electron chi connectivity index (χ1n) is 11.5. The van der Waals surface area contributed by atoms with Crippen LogP contribution in [0.2, 0.25) is 0 Å².